The van der Waals surface area contributed by atoms with Crippen molar-refractivity contribution in [3.8, 4) is 0 Å². The SMILES string of the molecule is CC(NC(=O)CC1(CN)CCC1)(C(=O)O)c1ccccc1. The minimum Gasteiger partial charge on any atom is -0.479 e. The second-order valence-corrected chi connectivity index (χ2v) is 6.08. The highest BCUT2D eigenvalue weighted by molar-refractivity contribution is 5.88. The van der Waals surface area contributed by atoms with Gasteiger partial charge in [-0.25, -0.2) is 4.79 Å². The minimum atomic E-state index is -1.42. The Morgan fingerprint density at radius 2 is 1.95 bits per heavy atom. The summed E-state index contributed by atoms with van der Waals surface area (Å²) in [6, 6.07) is 8.74. The van der Waals surface area contributed by atoms with Crippen molar-refractivity contribution in [2.24, 2.45) is 11.1 Å². The Morgan fingerprint density at radius 3 is 2.38 bits per heavy atom. The van der Waals surface area contributed by atoms with Crippen molar-refractivity contribution in [1.82, 2.24) is 5.32 Å². The van der Waals surface area contributed by atoms with Gasteiger partial charge >= 0.3 is 5.97 Å². The first-order valence-corrected chi connectivity index (χ1v) is 7.22. The molecule has 1 aliphatic rings. The molecule has 0 heterocycles. The van der Waals surface area contributed by atoms with Crippen molar-refractivity contribution < 1.29 is 14.7 Å². The average Bonchev–Trinajstić information content (AvgIpc) is 2.43. The fraction of sp³-hybridized carbons (Fsp3) is 0.500. The summed E-state index contributed by atoms with van der Waals surface area (Å²) in [6.45, 7) is 1.98. The van der Waals surface area contributed by atoms with Crippen LogP contribution < -0.4 is 11.1 Å². The quantitative estimate of drug-likeness (QED) is 0.742. The highest BCUT2D eigenvalue weighted by Crippen LogP contribution is 2.43. The van der Waals surface area contributed by atoms with Gasteiger partial charge in [0, 0.05) is 6.42 Å². The maximum atomic E-state index is 12.3. The Hall–Kier alpha value is -1.88. The van der Waals surface area contributed by atoms with Gasteiger partial charge in [-0.1, -0.05) is 36.8 Å². The van der Waals surface area contributed by atoms with Gasteiger partial charge in [-0.2, -0.15) is 0 Å². The monoisotopic (exact) mass is 290 g/mol. The zero-order valence-corrected chi connectivity index (χ0v) is 12.3. The fourth-order valence-electron chi connectivity index (χ4n) is 2.81. The van der Waals surface area contributed by atoms with Gasteiger partial charge in [0.05, 0.1) is 0 Å². The summed E-state index contributed by atoms with van der Waals surface area (Å²) in [6.07, 6.45) is 3.25. The number of carboxylic acid groups (broad SMARTS) is 1. The number of carboxylic acids is 1. The van der Waals surface area contributed by atoms with Gasteiger partial charge in [0.2, 0.25) is 5.91 Å². The van der Waals surface area contributed by atoms with E-state index in [1.807, 2.05) is 6.07 Å². The number of rotatable bonds is 6. The van der Waals surface area contributed by atoms with Gasteiger partial charge < -0.3 is 16.2 Å². The molecule has 1 saturated carbocycles. The summed E-state index contributed by atoms with van der Waals surface area (Å²) in [5.74, 6) is -1.33. The Balaban J connectivity index is 2.13. The van der Waals surface area contributed by atoms with Gasteiger partial charge in [0.15, 0.2) is 5.54 Å². The number of nitrogens with two attached hydrogens (primary N) is 1. The van der Waals surface area contributed by atoms with Gasteiger partial charge in [-0.3, -0.25) is 4.79 Å². The molecule has 1 amide bonds. The third kappa shape index (κ3) is 3.08. The van der Waals surface area contributed by atoms with Gasteiger partial charge in [0.25, 0.3) is 0 Å². The topological polar surface area (TPSA) is 92.4 Å². The smallest absolute Gasteiger partial charge is 0.333 e. The number of hydrogen-bond acceptors (Lipinski definition) is 3. The first-order valence-electron chi connectivity index (χ1n) is 7.22. The van der Waals surface area contributed by atoms with E-state index in [0.29, 0.717) is 18.5 Å². The number of carbonyl (C=O) groups excluding carboxylic acids is 1. The number of carbonyl (C=O) groups is 2. The maximum Gasteiger partial charge on any atom is 0.333 e. The number of benzene rings is 1. The van der Waals surface area contributed by atoms with Crippen LogP contribution in [0.4, 0.5) is 0 Å². The Kier molecular flexibility index (Phi) is 4.32. The number of nitrogens with one attached hydrogen (secondary N) is 1. The molecule has 114 valence electrons. The molecule has 1 unspecified atom stereocenters. The summed E-state index contributed by atoms with van der Waals surface area (Å²) >= 11 is 0. The fourth-order valence-corrected chi connectivity index (χ4v) is 2.81. The second-order valence-electron chi connectivity index (χ2n) is 6.08. The Morgan fingerprint density at radius 1 is 1.33 bits per heavy atom. The molecule has 1 atom stereocenters. The molecule has 0 aromatic heterocycles. The summed E-state index contributed by atoms with van der Waals surface area (Å²) in [7, 11) is 0. The van der Waals surface area contributed by atoms with Crippen LogP contribution in [0.15, 0.2) is 30.3 Å². The summed E-state index contributed by atoms with van der Waals surface area (Å²) in [5, 5.41) is 12.2. The van der Waals surface area contributed by atoms with E-state index < -0.39 is 11.5 Å². The van der Waals surface area contributed by atoms with Crippen molar-refractivity contribution in [2.75, 3.05) is 6.54 Å². The molecular weight excluding hydrogens is 268 g/mol. The zero-order valence-electron chi connectivity index (χ0n) is 12.3. The van der Waals surface area contributed by atoms with Crippen LogP contribution in [0.5, 0.6) is 0 Å². The van der Waals surface area contributed by atoms with Gasteiger partial charge in [-0.15, -0.1) is 0 Å². The van der Waals surface area contributed by atoms with Gasteiger partial charge in [0.1, 0.15) is 0 Å². The molecule has 2 rings (SSSR count). The van der Waals surface area contributed by atoms with Crippen molar-refractivity contribution in [2.45, 2.75) is 38.1 Å². The lowest BCUT2D eigenvalue weighted by atomic mass is 9.66. The lowest BCUT2D eigenvalue weighted by Gasteiger charge is -2.41. The minimum absolute atomic E-state index is 0.139. The van der Waals surface area contributed by atoms with Crippen LogP contribution >= 0.6 is 0 Å². The molecule has 21 heavy (non-hydrogen) atoms. The van der Waals surface area contributed by atoms with Crippen LogP contribution in [0.1, 0.15) is 38.2 Å². The first kappa shape index (κ1) is 15.5. The number of amides is 1. The van der Waals surface area contributed by atoms with Crippen molar-refractivity contribution >= 4 is 11.9 Å². The van der Waals surface area contributed by atoms with E-state index in [0.717, 1.165) is 19.3 Å². The molecular formula is C16H22N2O3. The van der Waals surface area contributed by atoms with Crippen LogP contribution in [-0.4, -0.2) is 23.5 Å². The average molecular weight is 290 g/mol. The summed E-state index contributed by atoms with van der Waals surface area (Å²) in [5.41, 5.74) is 4.75. The predicted octanol–water partition coefficient (Wildman–Crippen LogP) is 1.62. The molecule has 4 N–H and O–H groups in total. The van der Waals surface area contributed by atoms with Crippen LogP contribution in [-0.2, 0) is 15.1 Å². The molecule has 0 aliphatic heterocycles. The number of hydrogen-bond donors (Lipinski definition) is 3. The van der Waals surface area contributed by atoms with Gasteiger partial charge in [-0.05, 0) is 37.3 Å². The molecule has 0 bridgehead atoms. The van der Waals surface area contributed by atoms with E-state index in [1.54, 1.807) is 24.3 Å². The first-order chi connectivity index (χ1) is 9.92. The lowest BCUT2D eigenvalue weighted by molar-refractivity contribution is -0.148. The maximum absolute atomic E-state index is 12.3. The standard InChI is InChI=1S/C16H22N2O3/c1-15(14(20)21,12-6-3-2-4-7-12)18-13(19)10-16(11-17)8-5-9-16/h2-4,6-7H,5,8-11,17H2,1H3,(H,18,19)(H,20,21). The third-order valence-corrected chi connectivity index (χ3v) is 4.55. The molecule has 0 spiro atoms. The normalized spacial score (nSPS) is 19.1. The summed E-state index contributed by atoms with van der Waals surface area (Å²) in [4.78, 5) is 23.9. The zero-order chi connectivity index (χ0) is 15.5. The Bertz CT molecular complexity index is 520. The predicted molar refractivity (Wildman–Crippen MR) is 79.5 cm³/mol. The second kappa shape index (κ2) is 5.85. The summed E-state index contributed by atoms with van der Waals surface area (Å²) < 4.78 is 0. The van der Waals surface area contributed by atoms with Crippen molar-refractivity contribution in [3.05, 3.63) is 35.9 Å². The van der Waals surface area contributed by atoms with Crippen LogP contribution in [0.25, 0.3) is 0 Å². The van der Waals surface area contributed by atoms with Crippen LogP contribution in [0, 0.1) is 5.41 Å². The van der Waals surface area contributed by atoms with E-state index >= 15 is 0 Å². The van der Waals surface area contributed by atoms with E-state index in [2.05, 4.69) is 5.32 Å². The molecule has 1 aromatic carbocycles. The Labute approximate surface area is 124 Å². The molecule has 0 saturated heterocycles. The van der Waals surface area contributed by atoms with Crippen molar-refractivity contribution in [1.29, 1.82) is 0 Å². The van der Waals surface area contributed by atoms with Crippen molar-refractivity contribution in [3.63, 3.8) is 0 Å². The molecule has 5 nitrogen and oxygen atoms in total. The number of aliphatic carboxylic acids is 1. The highest BCUT2D eigenvalue weighted by Gasteiger charge is 2.41. The molecule has 0 radical (unpaired) electrons. The molecule has 1 aromatic rings. The van der Waals surface area contributed by atoms with E-state index in [-0.39, 0.29) is 11.3 Å². The third-order valence-electron chi connectivity index (χ3n) is 4.55. The van der Waals surface area contributed by atoms with E-state index in [4.69, 9.17) is 5.73 Å². The molecule has 1 aliphatic carbocycles. The van der Waals surface area contributed by atoms with Crippen LogP contribution in [0.2, 0.25) is 0 Å². The molecule has 5 heteroatoms. The molecule has 1 fully saturated rings. The largest absolute Gasteiger partial charge is 0.479 e. The van der Waals surface area contributed by atoms with Crippen LogP contribution in [0.3, 0.4) is 0 Å². The van der Waals surface area contributed by atoms with E-state index in [9.17, 15) is 14.7 Å². The van der Waals surface area contributed by atoms with E-state index in [1.165, 1.54) is 6.92 Å². The lowest BCUT2D eigenvalue weighted by Crippen LogP contribution is -2.52. The highest BCUT2D eigenvalue weighted by atomic mass is 16.4.